The summed E-state index contributed by atoms with van der Waals surface area (Å²) >= 11 is 0. The van der Waals surface area contributed by atoms with Gasteiger partial charge < -0.3 is 19.1 Å². The standard InChI is InChI=1S/C21H27NO5/c1-11-10-21-14(12(11)2)9-19(23)22(21)16(20(24)27-5)6-13-7-17(25-3)18(26-4)8-15(13)21/h7-8,11-12,14,16H,6,9-10H2,1-5H3/t11-,12+,14-,16-,21+/m0/s1. The molecule has 1 saturated heterocycles. The largest absolute Gasteiger partial charge is 0.493 e. The van der Waals surface area contributed by atoms with Crippen LogP contribution >= 0.6 is 0 Å². The summed E-state index contributed by atoms with van der Waals surface area (Å²) in [4.78, 5) is 27.5. The number of hydrogen-bond acceptors (Lipinski definition) is 5. The van der Waals surface area contributed by atoms with Crippen LogP contribution in [0.25, 0.3) is 0 Å². The van der Waals surface area contributed by atoms with Gasteiger partial charge in [0, 0.05) is 12.8 Å². The van der Waals surface area contributed by atoms with Gasteiger partial charge in [-0.3, -0.25) is 4.79 Å². The normalized spacial score (nSPS) is 34.0. The Hall–Kier alpha value is -2.24. The van der Waals surface area contributed by atoms with Gasteiger partial charge in [0.2, 0.25) is 5.91 Å². The van der Waals surface area contributed by atoms with Gasteiger partial charge in [-0.25, -0.2) is 4.79 Å². The quantitative estimate of drug-likeness (QED) is 0.762. The average molecular weight is 373 g/mol. The lowest BCUT2D eigenvalue weighted by Gasteiger charge is -2.48. The van der Waals surface area contributed by atoms with Crippen LogP contribution in [-0.4, -0.2) is 44.1 Å². The van der Waals surface area contributed by atoms with Gasteiger partial charge in [0.05, 0.1) is 26.9 Å². The molecule has 0 bridgehead atoms. The Morgan fingerprint density at radius 2 is 1.78 bits per heavy atom. The molecule has 0 radical (unpaired) electrons. The predicted molar refractivity (Wildman–Crippen MR) is 98.6 cm³/mol. The fraction of sp³-hybridized carbons (Fsp3) is 0.619. The monoisotopic (exact) mass is 373 g/mol. The summed E-state index contributed by atoms with van der Waals surface area (Å²) in [6.07, 6.45) is 1.76. The van der Waals surface area contributed by atoms with Crippen molar-refractivity contribution >= 4 is 11.9 Å². The van der Waals surface area contributed by atoms with Crippen molar-refractivity contribution < 1.29 is 23.8 Å². The van der Waals surface area contributed by atoms with Crippen LogP contribution in [0.1, 0.15) is 37.8 Å². The second kappa shape index (κ2) is 6.14. The molecule has 3 aliphatic rings. The first-order chi connectivity index (χ1) is 12.9. The number of carbonyl (C=O) groups is 2. The van der Waals surface area contributed by atoms with Crippen molar-refractivity contribution in [2.24, 2.45) is 17.8 Å². The molecule has 0 unspecified atom stereocenters. The molecule has 0 aromatic heterocycles. The third-order valence-corrected chi connectivity index (χ3v) is 7.15. The maximum absolute atomic E-state index is 13.0. The minimum atomic E-state index is -0.587. The van der Waals surface area contributed by atoms with E-state index < -0.39 is 11.6 Å². The van der Waals surface area contributed by atoms with Gasteiger partial charge in [0.25, 0.3) is 0 Å². The summed E-state index contributed by atoms with van der Waals surface area (Å²) in [5.41, 5.74) is 1.68. The molecular formula is C21H27NO5. The van der Waals surface area contributed by atoms with Gasteiger partial charge >= 0.3 is 5.97 Å². The zero-order valence-electron chi connectivity index (χ0n) is 16.6. The zero-order valence-corrected chi connectivity index (χ0v) is 16.6. The van der Waals surface area contributed by atoms with Crippen molar-refractivity contribution in [1.29, 1.82) is 0 Å². The van der Waals surface area contributed by atoms with Gasteiger partial charge in [-0.15, -0.1) is 0 Å². The molecule has 1 saturated carbocycles. The highest BCUT2D eigenvalue weighted by Crippen LogP contribution is 2.62. The van der Waals surface area contributed by atoms with E-state index in [1.165, 1.54) is 7.11 Å². The molecule has 1 aromatic carbocycles. The van der Waals surface area contributed by atoms with Crippen LogP contribution in [0, 0.1) is 17.8 Å². The van der Waals surface area contributed by atoms with Gasteiger partial charge in [0.15, 0.2) is 11.5 Å². The molecule has 6 heteroatoms. The zero-order chi connectivity index (χ0) is 19.5. The van der Waals surface area contributed by atoms with Crippen LogP contribution in [0.2, 0.25) is 0 Å². The highest BCUT2D eigenvalue weighted by Gasteiger charge is 2.65. The maximum Gasteiger partial charge on any atom is 0.328 e. The van der Waals surface area contributed by atoms with E-state index >= 15 is 0 Å². The van der Waals surface area contributed by atoms with Crippen molar-refractivity contribution in [3.63, 3.8) is 0 Å². The summed E-state index contributed by atoms with van der Waals surface area (Å²) in [5, 5.41) is 0. The van der Waals surface area contributed by atoms with Crippen molar-refractivity contribution in [2.75, 3.05) is 21.3 Å². The van der Waals surface area contributed by atoms with Gasteiger partial charge in [-0.2, -0.15) is 0 Å². The maximum atomic E-state index is 13.0. The topological polar surface area (TPSA) is 65.1 Å². The number of benzene rings is 1. The fourth-order valence-electron chi connectivity index (χ4n) is 5.81. The Kier molecular flexibility index (Phi) is 4.13. The molecule has 5 atom stereocenters. The first-order valence-corrected chi connectivity index (χ1v) is 9.54. The highest BCUT2D eigenvalue weighted by atomic mass is 16.5. The van der Waals surface area contributed by atoms with E-state index in [1.54, 1.807) is 14.2 Å². The summed E-state index contributed by atoms with van der Waals surface area (Å²) in [6.45, 7) is 4.46. The number of ether oxygens (including phenoxy) is 3. The lowest BCUT2D eigenvalue weighted by atomic mass is 9.73. The van der Waals surface area contributed by atoms with E-state index in [4.69, 9.17) is 14.2 Å². The predicted octanol–water partition coefficient (Wildman–Crippen LogP) is 2.52. The Bertz CT molecular complexity index is 806. The first-order valence-electron chi connectivity index (χ1n) is 9.54. The average Bonchev–Trinajstić information content (AvgIpc) is 3.09. The van der Waals surface area contributed by atoms with Crippen LogP contribution in [0.3, 0.4) is 0 Å². The van der Waals surface area contributed by atoms with E-state index in [0.717, 1.165) is 17.5 Å². The van der Waals surface area contributed by atoms with Crippen LogP contribution < -0.4 is 9.47 Å². The number of nitrogens with zero attached hydrogens (tertiary/aromatic N) is 1. The van der Waals surface area contributed by atoms with E-state index in [0.29, 0.717) is 36.2 Å². The molecule has 4 rings (SSSR count). The lowest BCUT2D eigenvalue weighted by molar-refractivity contribution is -0.156. The molecule has 2 heterocycles. The molecule has 6 nitrogen and oxygen atoms in total. The summed E-state index contributed by atoms with van der Waals surface area (Å²) in [7, 11) is 4.62. The first kappa shape index (κ1) is 18.1. The minimum absolute atomic E-state index is 0.0505. The number of rotatable bonds is 3. The Balaban J connectivity index is 1.98. The molecule has 1 aliphatic carbocycles. The molecule has 1 spiro atoms. The minimum Gasteiger partial charge on any atom is -0.493 e. The number of methoxy groups -OCH3 is 3. The second-order valence-electron chi connectivity index (χ2n) is 8.15. The Labute approximate surface area is 159 Å². The number of fused-ring (bicyclic) bond motifs is 1. The van der Waals surface area contributed by atoms with E-state index in [2.05, 4.69) is 13.8 Å². The van der Waals surface area contributed by atoms with Crippen LogP contribution in [0.4, 0.5) is 0 Å². The SMILES string of the molecule is COC(=O)[C@@H]1Cc2cc(OC)c(OC)cc2[C@@]23C[C@H](C)[C@@H](C)[C@@H]2CC(=O)N13. The van der Waals surface area contributed by atoms with Crippen molar-refractivity contribution in [1.82, 2.24) is 4.90 Å². The number of amides is 1. The number of esters is 1. The molecule has 0 N–H and O–H groups in total. The van der Waals surface area contributed by atoms with Gasteiger partial charge in [-0.05, 0) is 47.4 Å². The fourth-order valence-corrected chi connectivity index (χ4v) is 5.81. The van der Waals surface area contributed by atoms with Crippen LogP contribution in [0.5, 0.6) is 11.5 Å². The lowest BCUT2D eigenvalue weighted by Crippen LogP contribution is -2.57. The van der Waals surface area contributed by atoms with Gasteiger partial charge in [-0.1, -0.05) is 13.8 Å². The summed E-state index contributed by atoms with van der Waals surface area (Å²) in [5.74, 6) is 2.05. The summed E-state index contributed by atoms with van der Waals surface area (Å²) < 4.78 is 16.1. The van der Waals surface area contributed by atoms with Crippen molar-refractivity contribution in [3.05, 3.63) is 23.3 Å². The number of hydrogen-bond donors (Lipinski definition) is 0. The van der Waals surface area contributed by atoms with Gasteiger partial charge in [0.1, 0.15) is 6.04 Å². The molecule has 1 amide bonds. The molecule has 146 valence electrons. The molecule has 2 fully saturated rings. The third-order valence-electron chi connectivity index (χ3n) is 7.15. The third kappa shape index (κ3) is 2.25. The molecular weight excluding hydrogens is 346 g/mol. The van der Waals surface area contributed by atoms with Crippen LogP contribution in [-0.2, 0) is 26.3 Å². The van der Waals surface area contributed by atoms with Crippen molar-refractivity contribution in [2.45, 2.75) is 44.7 Å². The summed E-state index contributed by atoms with van der Waals surface area (Å²) in [6, 6.07) is 3.39. The smallest absolute Gasteiger partial charge is 0.328 e. The second-order valence-corrected chi connectivity index (χ2v) is 8.15. The highest BCUT2D eigenvalue weighted by molar-refractivity contribution is 5.89. The molecule has 1 aromatic rings. The Morgan fingerprint density at radius 3 is 2.41 bits per heavy atom. The van der Waals surface area contributed by atoms with Crippen molar-refractivity contribution in [3.8, 4) is 11.5 Å². The van der Waals surface area contributed by atoms with Crippen LogP contribution in [0.15, 0.2) is 12.1 Å². The van der Waals surface area contributed by atoms with E-state index in [9.17, 15) is 9.59 Å². The molecule has 2 aliphatic heterocycles. The van der Waals surface area contributed by atoms with E-state index in [-0.39, 0.29) is 17.8 Å². The Morgan fingerprint density at radius 1 is 1.11 bits per heavy atom. The number of carbonyl (C=O) groups excluding carboxylic acids is 2. The van der Waals surface area contributed by atoms with E-state index in [1.807, 2.05) is 17.0 Å². The molecule has 27 heavy (non-hydrogen) atoms.